The molecule has 1 aromatic carbocycles. The van der Waals surface area contributed by atoms with Crippen LogP contribution in [0.25, 0.3) is 11.4 Å². The summed E-state index contributed by atoms with van der Waals surface area (Å²) in [5.41, 5.74) is 5.02. The Labute approximate surface area is 126 Å². The van der Waals surface area contributed by atoms with E-state index in [2.05, 4.69) is 36.5 Å². The second-order valence-electron chi connectivity index (χ2n) is 5.68. The van der Waals surface area contributed by atoms with Crippen molar-refractivity contribution in [1.29, 1.82) is 0 Å². The van der Waals surface area contributed by atoms with E-state index in [-0.39, 0.29) is 0 Å². The van der Waals surface area contributed by atoms with Crippen LogP contribution in [0.15, 0.2) is 24.3 Å². The average Bonchev–Trinajstić information content (AvgIpc) is 2.79. The number of benzene rings is 1. The Kier molecular flexibility index (Phi) is 4.18. The van der Waals surface area contributed by atoms with E-state index in [0.29, 0.717) is 0 Å². The number of anilines is 1. The van der Waals surface area contributed by atoms with Gasteiger partial charge < -0.3 is 5.32 Å². The smallest absolute Gasteiger partial charge is 0.161 e. The van der Waals surface area contributed by atoms with Crippen molar-refractivity contribution < 1.29 is 0 Å². The van der Waals surface area contributed by atoms with Gasteiger partial charge in [-0.2, -0.15) is 0 Å². The predicted octanol–water partition coefficient (Wildman–Crippen LogP) is 4.02. The highest BCUT2D eigenvalue weighted by Gasteiger charge is 2.16. The van der Waals surface area contributed by atoms with Crippen LogP contribution in [0.4, 0.5) is 5.82 Å². The van der Waals surface area contributed by atoms with Crippen molar-refractivity contribution in [2.24, 2.45) is 0 Å². The van der Waals surface area contributed by atoms with Crippen LogP contribution in [0.5, 0.6) is 0 Å². The Bertz CT molecular complexity index is 617. The summed E-state index contributed by atoms with van der Waals surface area (Å²) in [5.74, 6) is 1.86. The molecule has 0 fully saturated rings. The Morgan fingerprint density at radius 1 is 1.00 bits per heavy atom. The van der Waals surface area contributed by atoms with E-state index in [4.69, 9.17) is 9.97 Å². The monoisotopic (exact) mass is 281 g/mol. The van der Waals surface area contributed by atoms with Crippen LogP contribution in [0.3, 0.4) is 0 Å². The van der Waals surface area contributed by atoms with Gasteiger partial charge in [-0.05, 0) is 37.7 Å². The molecule has 1 aliphatic carbocycles. The molecule has 2 aromatic rings. The minimum Gasteiger partial charge on any atom is -0.373 e. The standard InChI is InChI=1S/C18H23N3/c1-3-13-9-11-14(12-10-13)17-20-16-8-6-4-5-7-15(16)18(19-2)21-17/h9-12H,3-8H2,1-2H3,(H,19,20,21). The number of aryl methyl sites for hydroxylation is 2. The fourth-order valence-corrected chi connectivity index (χ4v) is 3.00. The lowest BCUT2D eigenvalue weighted by Gasteiger charge is -2.13. The summed E-state index contributed by atoms with van der Waals surface area (Å²) in [6.07, 6.45) is 7.01. The van der Waals surface area contributed by atoms with E-state index in [1.807, 2.05) is 7.05 Å². The van der Waals surface area contributed by atoms with Crippen molar-refractivity contribution in [3.8, 4) is 11.4 Å². The molecule has 0 saturated heterocycles. The Morgan fingerprint density at radius 3 is 2.48 bits per heavy atom. The lowest BCUT2D eigenvalue weighted by Crippen LogP contribution is -2.06. The first-order valence-electron chi connectivity index (χ1n) is 7.98. The maximum absolute atomic E-state index is 4.86. The van der Waals surface area contributed by atoms with Crippen molar-refractivity contribution in [2.45, 2.75) is 45.4 Å². The third-order valence-corrected chi connectivity index (χ3v) is 4.29. The SMILES string of the molecule is CCc1ccc(-c2nc3c(c(NC)n2)CCCCC3)cc1. The van der Waals surface area contributed by atoms with Crippen LogP contribution >= 0.6 is 0 Å². The number of hydrogen-bond acceptors (Lipinski definition) is 3. The topological polar surface area (TPSA) is 37.8 Å². The van der Waals surface area contributed by atoms with E-state index >= 15 is 0 Å². The maximum Gasteiger partial charge on any atom is 0.161 e. The highest BCUT2D eigenvalue weighted by Crippen LogP contribution is 2.27. The normalized spacial score (nSPS) is 14.4. The summed E-state index contributed by atoms with van der Waals surface area (Å²) in [7, 11) is 1.96. The fourth-order valence-electron chi connectivity index (χ4n) is 3.00. The lowest BCUT2D eigenvalue weighted by atomic mass is 10.1. The van der Waals surface area contributed by atoms with E-state index in [0.717, 1.165) is 36.5 Å². The molecule has 110 valence electrons. The molecule has 0 spiro atoms. The molecule has 3 rings (SSSR count). The molecule has 3 heteroatoms. The first-order chi connectivity index (χ1) is 10.3. The van der Waals surface area contributed by atoms with Gasteiger partial charge in [0.1, 0.15) is 5.82 Å². The summed E-state index contributed by atoms with van der Waals surface area (Å²) in [5, 5.41) is 3.26. The fraction of sp³-hybridized carbons (Fsp3) is 0.444. The van der Waals surface area contributed by atoms with Gasteiger partial charge in [0.05, 0.1) is 0 Å². The molecule has 1 aliphatic rings. The van der Waals surface area contributed by atoms with Crippen LogP contribution in [0.2, 0.25) is 0 Å². The zero-order valence-corrected chi connectivity index (χ0v) is 12.9. The molecule has 21 heavy (non-hydrogen) atoms. The van der Waals surface area contributed by atoms with Gasteiger partial charge >= 0.3 is 0 Å². The molecule has 0 bridgehead atoms. The van der Waals surface area contributed by atoms with Crippen LogP contribution in [-0.4, -0.2) is 17.0 Å². The van der Waals surface area contributed by atoms with Crippen molar-refractivity contribution in [3.05, 3.63) is 41.1 Å². The number of nitrogens with zero attached hydrogens (tertiary/aromatic N) is 2. The van der Waals surface area contributed by atoms with Gasteiger partial charge in [-0.15, -0.1) is 0 Å². The molecule has 0 unspecified atom stereocenters. The average molecular weight is 281 g/mol. The molecule has 0 amide bonds. The lowest BCUT2D eigenvalue weighted by molar-refractivity contribution is 0.709. The highest BCUT2D eigenvalue weighted by molar-refractivity contribution is 5.60. The Morgan fingerprint density at radius 2 is 1.76 bits per heavy atom. The molecule has 3 nitrogen and oxygen atoms in total. The van der Waals surface area contributed by atoms with Gasteiger partial charge in [0.2, 0.25) is 0 Å². The van der Waals surface area contributed by atoms with E-state index in [1.165, 1.54) is 36.1 Å². The van der Waals surface area contributed by atoms with Crippen molar-refractivity contribution in [3.63, 3.8) is 0 Å². The molecule has 0 saturated carbocycles. The van der Waals surface area contributed by atoms with Gasteiger partial charge in [0, 0.05) is 23.9 Å². The molecule has 0 radical (unpaired) electrons. The second-order valence-corrected chi connectivity index (χ2v) is 5.68. The molecular weight excluding hydrogens is 258 g/mol. The third kappa shape index (κ3) is 2.92. The van der Waals surface area contributed by atoms with Gasteiger partial charge in [-0.25, -0.2) is 9.97 Å². The first kappa shape index (κ1) is 14.1. The number of hydrogen-bond donors (Lipinski definition) is 1. The minimum atomic E-state index is 0.850. The van der Waals surface area contributed by atoms with E-state index in [1.54, 1.807) is 0 Å². The molecular formula is C18H23N3. The zero-order valence-electron chi connectivity index (χ0n) is 12.9. The number of rotatable bonds is 3. The summed E-state index contributed by atoms with van der Waals surface area (Å²) < 4.78 is 0. The highest BCUT2D eigenvalue weighted by atomic mass is 15.0. The van der Waals surface area contributed by atoms with Crippen molar-refractivity contribution in [1.82, 2.24) is 9.97 Å². The second kappa shape index (κ2) is 6.25. The number of nitrogens with one attached hydrogen (secondary N) is 1. The molecule has 1 heterocycles. The van der Waals surface area contributed by atoms with Gasteiger partial charge in [-0.1, -0.05) is 37.6 Å². The summed E-state index contributed by atoms with van der Waals surface area (Å²) in [6, 6.07) is 8.61. The van der Waals surface area contributed by atoms with Gasteiger partial charge in [-0.3, -0.25) is 0 Å². The largest absolute Gasteiger partial charge is 0.373 e. The third-order valence-electron chi connectivity index (χ3n) is 4.29. The van der Waals surface area contributed by atoms with Gasteiger partial charge in [0.15, 0.2) is 5.82 Å². The summed E-state index contributed by atoms with van der Waals surface area (Å²) >= 11 is 0. The van der Waals surface area contributed by atoms with Crippen LogP contribution in [0.1, 0.15) is 43.0 Å². The number of aromatic nitrogens is 2. The Balaban J connectivity index is 2.04. The Hall–Kier alpha value is -1.90. The van der Waals surface area contributed by atoms with Crippen molar-refractivity contribution in [2.75, 3.05) is 12.4 Å². The van der Waals surface area contributed by atoms with Crippen LogP contribution in [-0.2, 0) is 19.3 Å². The summed E-state index contributed by atoms with van der Waals surface area (Å²) in [6.45, 7) is 2.17. The quantitative estimate of drug-likeness (QED) is 0.864. The number of fused-ring (bicyclic) bond motifs is 1. The van der Waals surface area contributed by atoms with E-state index < -0.39 is 0 Å². The first-order valence-corrected chi connectivity index (χ1v) is 7.98. The predicted molar refractivity (Wildman–Crippen MR) is 87.7 cm³/mol. The summed E-state index contributed by atoms with van der Waals surface area (Å²) in [4.78, 5) is 9.61. The minimum absolute atomic E-state index is 0.850. The van der Waals surface area contributed by atoms with Gasteiger partial charge in [0.25, 0.3) is 0 Å². The van der Waals surface area contributed by atoms with Crippen LogP contribution < -0.4 is 5.32 Å². The van der Waals surface area contributed by atoms with Crippen molar-refractivity contribution >= 4 is 5.82 Å². The van der Waals surface area contributed by atoms with E-state index in [9.17, 15) is 0 Å². The maximum atomic E-state index is 4.86. The molecule has 1 N–H and O–H groups in total. The molecule has 0 atom stereocenters. The zero-order chi connectivity index (χ0) is 14.7. The molecule has 1 aromatic heterocycles. The molecule has 0 aliphatic heterocycles. The van der Waals surface area contributed by atoms with Crippen LogP contribution in [0, 0.1) is 0 Å².